The molecule has 0 saturated heterocycles. The van der Waals surface area contributed by atoms with Gasteiger partial charge in [0, 0.05) is 10.5 Å². The van der Waals surface area contributed by atoms with Gasteiger partial charge in [-0.25, -0.2) is 0 Å². The molecule has 0 atom stereocenters. The minimum absolute atomic E-state index is 0.369. The van der Waals surface area contributed by atoms with E-state index >= 15 is 0 Å². The van der Waals surface area contributed by atoms with Gasteiger partial charge in [-0.05, 0) is 19.1 Å². The highest BCUT2D eigenvalue weighted by Crippen LogP contribution is 2.37. The zero-order chi connectivity index (χ0) is 18.8. The van der Waals surface area contributed by atoms with Crippen molar-refractivity contribution >= 4 is 35.0 Å². The second-order valence-corrected chi connectivity index (χ2v) is 7.47. The van der Waals surface area contributed by atoms with Crippen LogP contribution in [0.15, 0.2) is 62.4 Å². The van der Waals surface area contributed by atoms with E-state index in [4.69, 9.17) is 32.1 Å². The van der Waals surface area contributed by atoms with Gasteiger partial charge in [-0.1, -0.05) is 64.8 Å². The fourth-order valence-corrected chi connectivity index (χ4v) is 4.11. The van der Waals surface area contributed by atoms with Crippen molar-refractivity contribution in [3.8, 4) is 22.7 Å². The first kappa shape index (κ1) is 18.1. The van der Waals surface area contributed by atoms with Crippen LogP contribution in [0.25, 0.3) is 22.7 Å². The third-order valence-corrected chi connectivity index (χ3v) is 5.82. The molecule has 8 heteroatoms. The molecule has 0 N–H and O–H groups in total. The second-order valence-electron chi connectivity index (χ2n) is 5.67. The van der Waals surface area contributed by atoms with Crippen molar-refractivity contribution in [1.29, 1.82) is 0 Å². The predicted molar refractivity (Wildman–Crippen MR) is 106 cm³/mol. The topological polar surface area (TPSA) is 65.0 Å². The molecule has 2 aromatic heterocycles. The number of aryl methyl sites for hydroxylation is 1. The molecule has 2 aromatic carbocycles. The summed E-state index contributed by atoms with van der Waals surface area (Å²) >= 11 is 13.8. The second kappa shape index (κ2) is 7.76. The van der Waals surface area contributed by atoms with Gasteiger partial charge in [0.15, 0.2) is 0 Å². The van der Waals surface area contributed by atoms with Crippen LogP contribution >= 0.6 is 35.0 Å². The number of benzene rings is 2. The lowest BCUT2D eigenvalue weighted by molar-refractivity contribution is 0.399. The highest BCUT2D eigenvalue weighted by atomic mass is 35.5. The maximum atomic E-state index is 6.20. The van der Waals surface area contributed by atoms with E-state index in [1.54, 1.807) is 18.2 Å². The van der Waals surface area contributed by atoms with Crippen molar-refractivity contribution in [2.24, 2.45) is 0 Å². The highest BCUT2D eigenvalue weighted by Gasteiger charge is 2.22. The molecule has 0 aliphatic rings. The van der Waals surface area contributed by atoms with Crippen molar-refractivity contribution in [3.05, 3.63) is 70.2 Å². The molecule has 136 valence electrons. The minimum atomic E-state index is 0.369. The number of aromatic nitrogens is 3. The zero-order valence-electron chi connectivity index (χ0n) is 14.1. The molecule has 4 rings (SSSR count). The van der Waals surface area contributed by atoms with Crippen LogP contribution in [0.1, 0.15) is 11.7 Å². The van der Waals surface area contributed by atoms with Gasteiger partial charge < -0.3 is 8.94 Å². The number of rotatable bonds is 5. The Labute approximate surface area is 169 Å². The fourth-order valence-electron chi connectivity index (χ4n) is 2.58. The van der Waals surface area contributed by atoms with E-state index in [1.807, 2.05) is 37.3 Å². The third kappa shape index (κ3) is 3.74. The Morgan fingerprint density at radius 1 is 0.963 bits per heavy atom. The maximum absolute atomic E-state index is 6.20. The molecular formula is C19H13Cl2N3O2S. The van der Waals surface area contributed by atoms with Crippen LogP contribution in [-0.4, -0.2) is 15.4 Å². The Morgan fingerprint density at radius 3 is 2.44 bits per heavy atom. The number of hydrogen-bond donors (Lipinski definition) is 0. The molecule has 0 aliphatic carbocycles. The van der Waals surface area contributed by atoms with Crippen LogP contribution in [0.2, 0.25) is 10.0 Å². The lowest BCUT2D eigenvalue weighted by Crippen LogP contribution is -1.84. The number of hydrogen-bond acceptors (Lipinski definition) is 6. The Hall–Kier alpha value is -2.28. The van der Waals surface area contributed by atoms with Crippen molar-refractivity contribution in [1.82, 2.24) is 15.4 Å². The molecule has 0 unspecified atom stereocenters. The molecule has 0 bridgehead atoms. The largest absolute Gasteiger partial charge is 0.420 e. The quantitative estimate of drug-likeness (QED) is 0.355. The smallest absolute Gasteiger partial charge is 0.253 e. The summed E-state index contributed by atoms with van der Waals surface area (Å²) in [6.45, 7) is 1.82. The van der Waals surface area contributed by atoms with Gasteiger partial charge in [0.05, 0.1) is 15.8 Å². The Balaban J connectivity index is 1.60. The summed E-state index contributed by atoms with van der Waals surface area (Å²) in [6, 6.07) is 15.1. The van der Waals surface area contributed by atoms with Gasteiger partial charge in [-0.15, -0.1) is 22.0 Å². The molecule has 0 amide bonds. The maximum Gasteiger partial charge on any atom is 0.253 e. The van der Waals surface area contributed by atoms with Crippen LogP contribution in [0.3, 0.4) is 0 Å². The van der Waals surface area contributed by atoms with Gasteiger partial charge in [-0.2, -0.15) is 0 Å². The molecule has 0 fully saturated rings. The van der Waals surface area contributed by atoms with Crippen LogP contribution in [-0.2, 0) is 5.75 Å². The summed E-state index contributed by atoms with van der Waals surface area (Å²) in [6.07, 6.45) is 0. The van der Waals surface area contributed by atoms with E-state index in [0.29, 0.717) is 44.6 Å². The summed E-state index contributed by atoms with van der Waals surface area (Å²) < 4.78 is 11.2. The Bertz CT molecular complexity index is 1060. The van der Waals surface area contributed by atoms with Crippen molar-refractivity contribution in [2.45, 2.75) is 17.6 Å². The standard InChI is InChI=1S/C19H13Cl2N3O2S/c1-11-16(17(24-26-11)12-6-3-2-4-7-12)19-23-22-15(25-19)10-27-18-13(20)8-5-9-14(18)21/h2-9H,10H2,1H3. The average molecular weight is 418 g/mol. The molecule has 2 heterocycles. The summed E-state index contributed by atoms with van der Waals surface area (Å²) in [5.74, 6) is 1.89. The van der Waals surface area contributed by atoms with Crippen LogP contribution < -0.4 is 0 Å². The molecule has 0 radical (unpaired) electrons. The molecule has 0 saturated carbocycles. The van der Waals surface area contributed by atoms with Crippen LogP contribution in [0.4, 0.5) is 0 Å². The normalized spacial score (nSPS) is 11.1. The zero-order valence-corrected chi connectivity index (χ0v) is 16.5. The lowest BCUT2D eigenvalue weighted by atomic mass is 10.1. The first-order chi connectivity index (χ1) is 13.1. The van der Waals surface area contributed by atoms with Gasteiger partial charge in [0.1, 0.15) is 17.0 Å². The molecule has 27 heavy (non-hydrogen) atoms. The van der Waals surface area contributed by atoms with Crippen LogP contribution in [0, 0.1) is 6.92 Å². The summed E-state index contributed by atoms with van der Waals surface area (Å²) in [7, 11) is 0. The Kier molecular flexibility index (Phi) is 5.20. The Morgan fingerprint density at radius 2 is 1.70 bits per heavy atom. The van der Waals surface area contributed by atoms with Crippen LogP contribution in [0.5, 0.6) is 0 Å². The van der Waals surface area contributed by atoms with E-state index in [-0.39, 0.29) is 0 Å². The van der Waals surface area contributed by atoms with Crippen molar-refractivity contribution < 1.29 is 8.94 Å². The molecule has 4 aromatic rings. The lowest BCUT2D eigenvalue weighted by Gasteiger charge is -2.04. The summed E-state index contributed by atoms with van der Waals surface area (Å²) in [5, 5.41) is 13.6. The average Bonchev–Trinajstić information content (AvgIpc) is 3.28. The minimum Gasteiger partial charge on any atom is -0.420 e. The summed E-state index contributed by atoms with van der Waals surface area (Å²) in [5.41, 5.74) is 2.28. The van der Waals surface area contributed by atoms with Gasteiger partial charge in [0.25, 0.3) is 5.89 Å². The first-order valence-electron chi connectivity index (χ1n) is 8.04. The van der Waals surface area contributed by atoms with Crippen molar-refractivity contribution in [3.63, 3.8) is 0 Å². The van der Waals surface area contributed by atoms with Gasteiger partial charge in [-0.3, -0.25) is 0 Å². The van der Waals surface area contributed by atoms with E-state index < -0.39 is 0 Å². The van der Waals surface area contributed by atoms with E-state index in [9.17, 15) is 0 Å². The first-order valence-corrected chi connectivity index (χ1v) is 9.79. The number of thioether (sulfide) groups is 1. The number of nitrogens with zero attached hydrogens (tertiary/aromatic N) is 3. The summed E-state index contributed by atoms with van der Waals surface area (Å²) in [4.78, 5) is 0.784. The highest BCUT2D eigenvalue weighted by molar-refractivity contribution is 7.98. The third-order valence-electron chi connectivity index (χ3n) is 3.85. The monoisotopic (exact) mass is 417 g/mol. The van der Waals surface area contributed by atoms with Crippen molar-refractivity contribution in [2.75, 3.05) is 0 Å². The molecular weight excluding hydrogens is 405 g/mol. The van der Waals surface area contributed by atoms with E-state index in [0.717, 1.165) is 10.5 Å². The fraction of sp³-hybridized carbons (Fsp3) is 0.105. The van der Waals surface area contributed by atoms with Gasteiger partial charge in [0.2, 0.25) is 5.89 Å². The number of halogens is 2. The molecule has 0 spiro atoms. The SMILES string of the molecule is Cc1onc(-c2ccccc2)c1-c1nnc(CSc2c(Cl)cccc2Cl)o1. The van der Waals surface area contributed by atoms with E-state index in [2.05, 4.69) is 15.4 Å². The molecule has 0 aliphatic heterocycles. The molecule has 5 nitrogen and oxygen atoms in total. The van der Waals surface area contributed by atoms with E-state index in [1.165, 1.54) is 11.8 Å². The van der Waals surface area contributed by atoms with Gasteiger partial charge >= 0.3 is 0 Å². The predicted octanol–water partition coefficient (Wildman–Crippen LogP) is 6.30.